The average molecular weight is 249 g/mol. The van der Waals surface area contributed by atoms with Crippen LogP contribution in [0, 0.1) is 0 Å². The van der Waals surface area contributed by atoms with Crippen molar-refractivity contribution in [2.24, 2.45) is 0 Å². The normalized spacial score (nSPS) is 14.6. The van der Waals surface area contributed by atoms with Crippen LogP contribution in [0.25, 0.3) is 0 Å². The van der Waals surface area contributed by atoms with Crippen LogP contribution in [0.3, 0.4) is 0 Å². The Morgan fingerprint density at radius 3 is 2.61 bits per heavy atom. The number of nitrogens with one attached hydrogen (secondary N) is 2. The van der Waals surface area contributed by atoms with E-state index in [0.29, 0.717) is 5.82 Å². The highest BCUT2D eigenvalue weighted by Gasteiger charge is 2.17. The van der Waals surface area contributed by atoms with Crippen molar-refractivity contribution in [2.75, 3.05) is 36.8 Å². The molecule has 0 aromatic carbocycles. The molecule has 0 aliphatic carbocycles. The second kappa shape index (κ2) is 6.18. The molecule has 0 saturated carbocycles. The van der Waals surface area contributed by atoms with E-state index in [-0.39, 0.29) is 12.5 Å². The molecule has 2 N–H and O–H groups in total. The molecule has 1 aliphatic heterocycles. The number of anilines is 2. The van der Waals surface area contributed by atoms with Crippen LogP contribution in [-0.4, -0.2) is 47.0 Å². The first kappa shape index (κ1) is 12.6. The van der Waals surface area contributed by atoms with Crippen molar-refractivity contribution in [3.8, 4) is 0 Å². The van der Waals surface area contributed by atoms with Gasteiger partial charge in [-0.25, -0.2) is 4.98 Å². The minimum absolute atomic E-state index is 0.128. The number of carbonyl (C=O) groups excluding carboxylic acids is 1. The van der Waals surface area contributed by atoms with Crippen molar-refractivity contribution in [2.45, 2.75) is 19.8 Å². The monoisotopic (exact) mass is 249 g/mol. The Labute approximate surface area is 107 Å². The van der Waals surface area contributed by atoms with Gasteiger partial charge in [0.05, 0.1) is 18.9 Å². The van der Waals surface area contributed by atoms with Crippen LogP contribution in [0.5, 0.6) is 0 Å². The van der Waals surface area contributed by atoms with Gasteiger partial charge in [0.2, 0.25) is 5.91 Å². The molecule has 0 atom stereocenters. The maximum Gasteiger partial charge on any atom is 0.241 e. The summed E-state index contributed by atoms with van der Waals surface area (Å²) in [6.07, 6.45) is 5.51. The molecule has 18 heavy (non-hydrogen) atoms. The molecule has 0 unspecified atom stereocenters. The minimum Gasteiger partial charge on any atom is -0.369 e. The lowest BCUT2D eigenvalue weighted by Gasteiger charge is -2.15. The molecular weight excluding hydrogens is 230 g/mol. The number of rotatable bonds is 5. The van der Waals surface area contributed by atoms with E-state index in [1.54, 1.807) is 12.4 Å². The summed E-state index contributed by atoms with van der Waals surface area (Å²) < 4.78 is 0. The number of amides is 1. The van der Waals surface area contributed by atoms with E-state index >= 15 is 0 Å². The molecule has 1 aliphatic rings. The van der Waals surface area contributed by atoms with Gasteiger partial charge >= 0.3 is 0 Å². The third-order valence-electron chi connectivity index (χ3n) is 2.87. The fraction of sp³-hybridized carbons (Fsp3) is 0.583. The fourth-order valence-corrected chi connectivity index (χ4v) is 1.96. The number of likely N-dealkylation sites (tertiary alicyclic amines) is 1. The summed E-state index contributed by atoms with van der Waals surface area (Å²) in [5.74, 6) is 1.47. The molecule has 0 bridgehead atoms. The number of hydrogen-bond donors (Lipinski definition) is 2. The first-order chi connectivity index (χ1) is 8.79. The van der Waals surface area contributed by atoms with Gasteiger partial charge in [0.15, 0.2) is 0 Å². The fourth-order valence-electron chi connectivity index (χ4n) is 1.96. The molecule has 1 saturated heterocycles. The van der Waals surface area contributed by atoms with Crippen molar-refractivity contribution in [3.63, 3.8) is 0 Å². The summed E-state index contributed by atoms with van der Waals surface area (Å²) in [5.41, 5.74) is 0. The standard InChI is InChI=1S/C12H19N5O/c1-2-14-10-7-13-8-11(16-10)15-9-12(18)17-5-3-4-6-17/h7-8H,2-6,9H2,1H3,(H2,14,15,16). The van der Waals surface area contributed by atoms with Crippen molar-refractivity contribution >= 4 is 17.5 Å². The van der Waals surface area contributed by atoms with Gasteiger partial charge in [-0.2, -0.15) is 0 Å². The van der Waals surface area contributed by atoms with Crippen LogP contribution in [0.4, 0.5) is 11.6 Å². The van der Waals surface area contributed by atoms with Gasteiger partial charge in [-0.15, -0.1) is 0 Å². The Balaban J connectivity index is 1.85. The molecule has 98 valence electrons. The van der Waals surface area contributed by atoms with Crippen LogP contribution in [0.1, 0.15) is 19.8 Å². The van der Waals surface area contributed by atoms with E-state index < -0.39 is 0 Å². The van der Waals surface area contributed by atoms with Gasteiger partial charge < -0.3 is 15.5 Å². The summed E-state index contributed by atoms with van der Waals surface area (Å²) >= 11 is 0. The highest BCUT2D eigenvalue weighted by atomic mass is 16.2. The molecule has 1 fully saturated rings. The molecule has 1 aromatic heterocycles. The van der Waals surface area contributed by atoms with Crippen molar-refractivity contribution in [1.29, 1.82) is 0 Å². The van der Waals surface area contributed by atoms with Crippen molar-refractivity contribution in [3.05, 3.63) is 12.4 Å². The Kier molecular flexibility index (Phi) is 4.33. The summed E-state index contributed by atoms with van der Waals surface area (Å²) in [5, 5.41) is 6.10. The van der Waals surface area contributed by atoms with Gasteiger partial charge in [-0.3, -0.25) is 9.78 Å². The van der Waals surface area contributed by atoms with Gasteiger partial charge in [-0.05, 0) is 19.8 Å². The highest BCUT2D eigenvalue weighted by molar-refractivity contribution is 5.80. The number of hydrogen-bond acceptors (Lipinski definition) is 5. The third-order valence-corrected chi connectivity index (χ3v) is 2.87. The van der Waals surface area contributed by atoms with Crippen molar-refractivity contribution in [1.82, 2.24) is 14.9 Å². The smallest absolute Gasteiger partial charge is 0.241 e. The molecule has 2 rings (SSSR count). The summed E-state index contributed by atoms with van der Waals surface area (Å²) in [7, 11) is 0. The van der Waals surface area contributed by atoms with E-state index in [0.717, 1.165) is 38.3 Å². The SMILES string of the molecule is CCNc1cncc(NCC(=O)N2CCCC2)n1. The molecule has 6 heteroatoms. The summed E-state index contributed by atoms with van der Waals surface area (Å²) in [6.45, 7) is 4.83. The molecule has 1 aromatic rings. The second-order valence-corrected chi connectivity index (χ2v) is 4.26. The Bertz CT molecular complexity index is 403. The molecule has 2 heterocycles. The van der Waals surface area contributed by atoms with Crippen LogP contribution >= 0.6 is 0 Å². The highest BCUT2D eigenvalue weighted by Crippen LogP contribution is 2.09. The molecular formula is C12H19N5O. The Morgan fingerprint density at radius 2 is 1.94 bits per heavy atom. The number of aromatic nitrogens is 2. The molecule has 0 radical (unpaired) electrons. The lowest BCUT2D eigenvalue weighted by Crippen LogP contribution is -2.33. The van der Waals surface area contributed by atoms with Crippen molar-refractivity contribution < 1.29 is 4.79 Å². The van der Waals surface area contributed by atoms with E-state index in [2.05, 4.69) is 20.6 Å². The lowest BCUT2D eigenvalue weighted by atomic mass is 10.4. The van der Waals surface area contributed by atoms with Crippen LogP contribution < -0.4 is 10.6 Å². The molecule has 1 amide bonds. The minimum atomic E-state index is 0.128. The quantitative estimate of drug-likeness (QED) is 0.813. The van der Waals surface area contributed by atoms with Gasteiger partial charge in [0, 0.05) is 19.6 Å². The van der Waals surface area contributed by atoms with Crippen LogP contribution in [0.2, 0.25) is 0 Å². The van der Waals surface area contributed by atoms with Crippen LogP contribution in [-0.2, 0) is 4.79 Å². The number of nitrogens with zero attached hydrogens (tertiary/aromatic N) is 3. The van der Waals surface area contributed by atoms with E-state index in [1.165, 1.54) is 0 Å². The number of carbonyl (C=O) groups is 1. The zero-order chi connectivity index (χ0) is 12.8. The maximum absolute atomic E-state index is 11.8. The molecule has 0 spiro atoms. The summed E-state index contributed by atoms with van der Waals surface area (Å²) in [4.78, 5) is 22.1. The first-order valence-electron chi connectivity index (χ1n) is 6.37. The third kappa shape index (κ3) is 3.32. The van der Waals surface area contributed by atoms with Gasteiger partial charge in [-0.1, -0.05) is 0 Å². The van der Waals surface area contributed by atoms with E-state index in [4.69, 9.17) is 0 Å². The first-order valence-corrected chi connectivity index (χ1v) is 6.37. The second-order valence-electron chi connectivity index (χ2n) is 4.26. The predicted octanol–water partition coefficient (Wildman–Crippen LogP) is 0.943. The van der Waals surface area contributed by atoms with Gasteiger partial charge in [0.25, 0.3) is 0 Å². The lowest BCUT2D eigenvalue weighted by molar-refractivity contribution is -0.128. The zero-order valence-corrected chi connectivity index (χ0v) is 10.6. The zero-order valence-electron chi connectivity index (χ0n) is 10.6. The van der Waals surface area contributed by atoms with Crippen LogP contribution in [0.15, 0.2) is 12.4 Å². The van der Waals surface area contributed by atoms with E-state index in [9.17, 15) is 4.79 Å². The molecule has 6 nitrogen and oxygen atoms in total. The Morgan fingerprint density at radius 1 is 1.28 bits per heavy atom. The van der Waals surface area contributed by atoms with E-state index in [1.807, 2.05) is 11.8 Å². The summed E-state index contributed by atoms with van der Waals surface area (Å²) in [6, 6.07) is 0. The Hall–Kier alpha value is -1.85. The predicted molar refractivity (Wildman–Crippen MR) is 70.5 cm³/mol. The largest absolute Gasteiger partial charge is 0.369 e. The van der Waals surface area contributed by atoms with Gasteiger partial charge in [0.1, 0.15) is 11.6 Å². The topological polar surface area (TPSA) is 70.2 Å². The average Bonchev–Trinajstić information content (AvgIpc) is 2.91. The maximum atomic E-state index is 11.8.